The van der Waals surface area contributed by atoms with E-state index in [1.807, 2.05) is 0 Å². The summed E-state index contributed by atoms with van der Waals surface area (Å²) >= 11 is 2.54. The summed E-state index contributed by atoms with van der Waals surface area (Å²) in [6.07, 6.45) is 0. The van der Waals surface area contributed by atoms with Crippen molar-refractivity contribution in [2.45, 2.75) is 0 Å². The Morgan fingerprint density at radius 2 is 1.50 bits per heavy atom. The van der Waals surface area contributed by atoms with Crippen molar-refractivity contribution in [2.75, 3.05) is 0 Å². The zero-order chi connectivity index (χ0) is 7.72. The van der Waals surface area contributed by atoms with Gasteiger partial charge in [0.25, 0.3) is 0 Å². The number of hydrogen-bond donors (Lipinski definition) is 0. The van der Waals surface area contributed by atoms with Crippen molar-refractivity contribution in [3.63, 3.8) is 0 Å². The van der Waals surface area contributed by atoms with Crippen molar-refractivity contribution < 1.29 is 13.2 Å². The summed E-state index contributed by atoms with van der Waals surface area (Å²) in [5, 5.41) is 0. The molecule has 0 saturated heterocycles. The van der Waals surface area contributed by atoms with Crippen LogP contribution in [0.1, 0.15) is 0 Å². The van der Waals surface area contributed by atoms with E-state index in [4.69, 9.17) is 0 Å². The molecule has 1 aromatic rings. The van der Waals surface area contributed by atoms with Gasteiger partial charge < -0.3 is 0 Å². The SMILES string of the molecule is Fc1ccc(F)c(Br)c1F. The van der Waals surface area contributed by atoms with E-state index in [0.29, 0.717) is 0 Å². The van der Waals surface area contributed by atoms with Gasteiger partial charge in [-0.2, -0.15) is 0 Å². The minimum absolute atomic E-state index is 0.465. The summed E-state index contributed by atoms with van der Waals surface area (Å²) in [5.74, 6) is -3.06. The normalized spacial score (nSPS) is 10.0. The van der Waals surface area contributed by atoms with Crippen LogP contribution in [0.2, 0.25) is 0 Å². The van der Waals surface area contributed by atoms with E-state index in [2.05, 4.69) is 15.9 Å². The molecule has 0 amide bonds. The van der Waals surface area contributed by atoms with Gasteiger partial charge in [-0.3, -0.25) is 0 Å². The van der Waals surface area contributed by atoms with Crippen LogP contribution >= 0.6 is 15.9 Å². The Hall–Kier alpha value is -0.510. The van der Waals surface area contributed by atoms with Gasteiger partial charge in [-0.05, 0) is 28.1 Å². The maximum atomic E-state index is 12.3. The van der Waals surface area contributed by atoms with Crippen molar-refractivity contribution in [2.24, 2.45) is 0 Å². The molecule has 0 aliphatic carbocycles. The quantitative estimate of drug-likeness (QED) is 0.457. The zero-order valence-electron chi connectivity index (χ0n) is 4.67. The molecule has 0 spiro atoms. The van der Waals surface area contributed by atoms with Crippen LogP contribution in [-0.4, -0.2) is 0 Å². The third kappa shape index (κ3) is 1.16. The summed E-state index contributed by atoms with van der Waals surface area (Å²) in [6.45, 7) is 0. The minimum atomic E-state index is -1.19. The lowest BCUT2D eigenvalue weighted by molar-refractivity contribution is 0.488. The molecule has 1 rings (SSSR count). The Kier molecular flexibility index (Phi) is 1.99. The monoisotopic (exact) mass is 210 g/mol. The van der Waals surface area contributed by atoms with Gasteiger partial charge in [0.05, 0.1) is 4.47 Å². The van der Waals surface area contributed by atoms with E-state index >= 15 is 0 Å². The summed E-state index contributed by atoms with van der Waals surface area (Å²) in [4.78, 5) is 0. The Balaban J connectivity index is 3.34. The molecule has 0 bridgehead atoms. The standard InChI is InChI=1S/C6H2BrF3/c7-5-3(8)1-2-4(9)6(5)10/h1-2H. The predicted molar refractivity (Wildman–Crippen MR) is 34.0 cm³/mol. The highest BCUT2D eigenvalue weighted by Gasteiger charge is 2.09. The van der Waals surface area contributed by atoms with Crippen LogP contribution in [0.25, 0.3) is 0 Å². The molecule has 0 saturated carbocycles. The van der Waals surface area contributed by atoms with Crippen molar-refractivity contribution in [1.82, 2.24) is 0 Å². The van der Waals surface area contributed by atoms with E-state index in [0.717, 1.165) is 12.1 Å². The fourth-order valence-corrected chi connectivity index (χ4v) is 0.824. The third-order valence-electron chi connectivity index (χ3n) is 0.988. The van der Waals surface area contributed by atoms with Gasteiger partial charge in [-0.25, -0.2) is 13.2 Å². The number of halogens is 4. The Bertz CT molecular complexity index is 232. The molecule has 0 nitrogen and oxygen atoms in total. The largest absolute Gasteiger partial charge is 0.206 e. The Labute approximate surface area is 63.8 Å². The van der Waals surface area contributed by atoms with Crippen molar-refractivity contribution in [1.29, 1.82) is 0 Å². The van der Waals surface area contributed by atoms with Gasteiger partial charge in [0.2, 0.25) is 0 Å². The maximum Gasteiger partial charge on any atom is 0.175 e. The highest BCUT2D eigenvalue weighted by atomic mass is 79.9. The van der Waals surface area contributed by atoms with Crippen LogP contribution in [0.15, 0.2) is 16.6 Å². The molecule has 0 aliphatic rings. The molecule has 4 heteroatoms. The van der Waals surface area contributed by atoms with Gasteiger partial charge >= 0.3 is 0 Å². The Morgan fingerprint density at radius 3 is 2.00 bits per heavy atom. The molecular weight excluding hydrogens is 209 g/mol. The van der Waals surface area contributed by atoms with E-state index in [1.165, 1.54) is 0 Å². The van der Waals surface area contributed by atoms with Gasteiger partial charge in [-0.15, -0.1) is 0 Å². The van der Waals surface area contributed by atoms with E-state index < -0.39 is 21.9 Å². The first kappa shape index (κ1) is 7.60. The molecule has 0 heterocycles. The van der Waals surface area contributed by atoms with Crippen molar-refractivity contribution in [3.05, 3.63) is 34.1 Å². The molecule has 0 unspecified atom stereocenters. The predicted octanol–water partition coefficient (Wildman–Crippen LogP) is 2.87. The van der Waals surface area contributed by atoms with Gasteiger partial charge in [0.1, 0.15) is 5.82 Å². The zero-order valence-corrected chi connectivity index (χ0v) is 6.25. The van der Waals surface area contributed by atoms with Crippen molar-refractivity contribution >= 4 is 15.9 Å². The first-order chi connectivity index (χ1) is 4.63. The maximum absolute atomic E-state index is 12.3. The van der Waals surface area contributed by atoms with Gasteiger partial charge in [0, 0.05) is 0 Å². The fraction of sp³-hybridized carbons (Fsp3) is 0. The van der Waals surface area contributed by atoms with Gasteiger partial charge in [-0.1, -0.05) is 0 Å². The third-order valence-corrected chi connectivity index (χ3v) is 1.71. The smallest absolute Gasteiger partial charge is 0.175 e. The number of benzene rings is 1. The second-order valence-electron chi connectivity index (χ2n) is 1.66. The molecule has 0 N–H and O–H groups in total. The average Bonchev–Trinajstić information content (AvgIpc) is 1.93. The fourth-order valence-electron chi connectivity index (χ4n) is 0.502. The van der Waals surface area contributed by atoms with E-state index in [-0.39, 0.29) is 0 Å². The molecule has 10 heavy (non-hydrogen) atoms. The second kappa shape index (κ2) is 2.62. The molecular formula is C6H2BrF3. The van der Waals surface area contributed by atoms with Crippen LogP contribution < -0.4 is 0 Å². The lowest BCUT2D eigenvalue weighted by Crippen LogP contribution is -1.87. The number of rotatable bonds is 0. The first-order valence-corrected chi connectivity index (χ1v) is 3.21. The molecule has 0 aliphatic heterocycles. The highest BCUT2D eigenvalue weighted by Crippen LogP contribution is 2.20. The molecule has 0 fully saturated rings. The van der Waals surface area contributed by atoms with Crippen molar-refractivity contribution in [3.8, 4) is 0 Å². The van der Waals surface area contributed by atoms with Crippen LogP contribution in [0.5, 0.6) is 0 Å². The molecule has 0 radical (unpaired) electrons. The molecule has 0 aromatic heterocycles. The first-order valence-electron chi connectivity index (χ1n) is 2.42. The van der Waals surface area contributed by atoms with Crippen LogP contribution in [0.4, 0.5) is 13.2 Å². The summed E-state index contributed by atoms with van der Waals surface area (Å²) < 4.78 is 36.4. The topological polar surface area (TPSA) is 0 Å². The summed E-state index contributed by atoms with van der Waals surface area (Å²) in [7, 11) is 0. The number of hydrogen-bond acceptors (Lipinski definition) is 0. The molecule has 54 valence electrons. The lowest BCUT2D eigenvalue weighted by atomic mass is 10.3. The lowest BCUT2D eigenvalue weighted by Gasteiger charge is -1.95. The average molecular weight is 211 g/mol. The Morgan fingerprint density at radius 1 is 1.00 bits per heavy atom. The van der Waals surface area contributed by atoms with Crippen LogP contribution in [0, 0.1) is 17.5 Å². The van der Waals surface area contributed by atoms with E-state index in [1.54, 1.807) is 0 Å². The van der Waals surface area contributed by atoms with Crippen LogP contribution in [-0.2, 0) is 0 Å². The highest BCUT2D eigenvalue weighted by molar-refractivity contribution is 9.10. The van der Waals surface area contributed by atoms with E-state index in [9.17, 15) is 13.2 Å². The molecule has 1 aromatic carbocycles. The summed E-state index contributed by atoms with van der Waals surface area (Å²) in [6, 6.07) is 1.58. The van der Waals surface area contributed by atoms with Crippen LogP contribution in [0.3, 0.4) is 0 Å². The van der Waals surface area contributed by atoms with Gasteiger partial charge in [0.15, 0.2) is 11.6 Å². The summed E-state index contributed by atoms with van der Waals surface area (Å²) in [5.41, 5.74) is 0. The second-order valence-corrected chi connectivity index (χ2v) is 2.45. The minimum Gasteiger partial charge on any atom is -0.206 e. The molecule has 0 atom stereocenters.